The summed E-state index contributed by atoms with van der Waals surface area (Å²) >= 11 is 0. The van der Waals surface area contributed by atoms with Gasteiger partial charge < -0.3 is 5.73 Å². The molecule has 1 heterocycles. The number of benzene rings is 2. The lowest BCUT2D eigenvalue weighted by molar-refractivity contribution is 0.740. The van der Waals surface area contributed by atoms with Crippen molar-refractivity contribution in [3.05, 3.63) is 101 Å². The van der Waals surface area contributed by atoms with Gasteiger partial charge in [0.05, 0.1) is 17.2 Å². The summed E-state index contributed by atoms with van der Waals surface area (Å²) < 4.78 is 0. The highest BCUT2D eigenvalue weighted by Gasteiger charge is 2.13. The van der Waals surface area contributed by atoms with Gasteiger partial charge in [0.1, 0.15) is 0 Å². The van der Waals surface area contributed by atoms with Crippen LogP contribution < -0.4 is 5.73 Å². The maximum atomic E-state index is 7.47. The average Bonchev–Trinajstić information content (AvgIpc) is 2.78. The first-order valence-electron chi connectivity index (χ1n) is 10.2. The first-order chi connectivity index (χ1) is 14.6. The number of hydrogen-bond donors (Lipinski definition) is 2. The van der Waals surface area contributed by atoms with Crippen molar-refractivity contribution in [1.82, 2.24) is 4.98 Å². The molecule has 4 nitrogen and oxygen atoms in total. The number of aromatic nitrogens is 1. The molecule has 0 radical (unpaired) electrons. The van der Waals surface area contributed by atoms with Crippen molar-refractivity contribution >= 4 is 23.3 Å². The molecule has 0 saturated heterocycles. The quantitative estimate of drug-likeness (QED) is 0.384. The van der Waals surface area contributed by atoms with Crippen LogP contribution in [0.25, 0.3) is 11.8 Å². The normalized spacial score (nSPS) is 13.1. The van der Waals surface area contributed by atoms with Gasteiger partial charge in [-0.2, -0.15) is 0 Å². The third-order valence-electron chi connectivity index (χ3n) is 5.04. The molecule has 4 heteroatoms. The average molecular weight is 397 g/mol. The lowest BCUT2D eigenvalue weighted by atomic mass is 9.95. The molecule has 1 aromatic heterocycles. The maximum absolute atomic E-state index is 7.47. The van der Waals surface area contributed by atoms with E-state index in [1.165, 1.54) is 0 Å². The third kappa shape index (κ3) is 5.74. The molecule has 0 saturated carbocycles. The van der Waals surface area contributed by atoms with Crippen molar-refractivity contribution in [1.29, 1.82) is 5.41 Å². The van der Waals surface area contributed by atoms with E-state index < -0.39 is 0 Å². The van der Waals surface area contributed by atoms with Gasteiger partial charge in [-0.25, -0.2) is 0 Å². The maximum Gasteiger partial charge on any atom is 0.0950 e. The zero-order valence-electron chi connectivity index (χ0n) is 17.5. The summed E-state index contributed by atoms with van der Waals surface area (Å²) in [5.74, 6) is 0.497. The summed E-state index contributed by atoms with van der Waals surface area (Å²) in [4.78, 5) is 9.30. The number of rotatable bonds is 8. The highest BCUT2D eigenvalue weighted by atomic mass is 14.8. The van der Waals surface area contributed by atoms with E-state index in [9.17, 15) is 0 Å². The molecular formula is C26H28N4. The zero-order valence-corrected chi connectivity index (χ0v) is 17.5. The molecule has 0 bridgehead atoms. The summed E-state index contributed by atoms with van der Waals surface area (Å²) in [6, 6.07) is 22.4. The molecule has 2 aromatic carbocycles. The largest absolute Gasteiger partial charge is 0.387 e. The zero-order chi connectivity index (χ0) is 21.3. The molecular weight excluding hydrogens is 368 g/mol. The monoisotopic (exact) mass is 396 g/mol. The Morgan fingerprint density at radius 3 is 2.27 bits per heavy atom. The summed E-state index contributed by atoms with van der Waals surface area (Å²) in [5.41, 5.74) is 11.7. The number of nitrogens with one attached hydrogen (secondary N) is 1. The molecule has 0 aliphatic heterocycles. The number of nitrogens with zero attached hydrogens (tertiary/aromatic N) is 2. The third-order valence-corrected chi connectivity index (χ3v) is 5.04. The van der Waals surface area contributed by atoms with Crippen LogP contribution in [-0.4, -0.2) is 16.5 Å². The molecule has 0 aliphatic rings. The second-order valence-corrected chi connectivity index (χ2v) is 7.38. The van der Waals surface area contributed by atoms with E-state index in [1.807, 2.05) is 42.5 Å². The molecule has 30 heavy (non-hydrogen) atoms. The first-order valence-corrected chi connectivity index (χ1v) is 10.2. The SMILES string of the molecule is CCC(C)C(=N/C(=C/c1ccc(CC(=N)N)cc1)c1ccncc1)c1ccccc1. The highest BCUT2D eigenvalue weighted by Crippen LogP contribution is 2.24. The fraction of sp³-hybridized carbons (Fsp3) is 0.192. The van der Waals surface area contributed by atoms with E-state index in [-0.39, 0.29) is 5.84 Å². The summed E-state index contributed by atoms with van der Waals surface area (Å²) in [5, 5.41) is 7.47. The Hall–Kier alpha value is -3.53. The van der Waals surface area contributed by atoms with E-state index in [4.69, 9.17) is 16.1 Å². The Bertz CT molecular complexity index is 1020. The molecule has 1 atom stereocenters. The molecule has 0 aliphatic carbocycles. The van der Waals surface area contributed by atoms with Crippen LogP contribution in [-0.2, 0) is 6.42 Å². The van der Waals surface area contributed by atoms with Gasteiger partial charge >= 0.3 is 0 Å². The van der Waals surface area contributed by atoms with E-state index in [0.29, 0.717) is 12.3 Å². The lowest BCUT2D eigenvalue weighted by Crippen LogP contribution is -2.12. The van der Waals surface area contributed by atoms with Crippen molar-refractivity contribution in [2.75, 3.05) is 0 Å². The first kappa shape index (κ1) is 21.2. The van der Waals surface area contributed by atoms with Crippen LogP contribution in [0.1, 0.15) is 42.5 Å². The molecule has 3 rings (SSSR count). The number of aliphatic imine (C=N–C) groups is 1. The lowest BCUT2D eigenvalue weighted by Gasteiger charge is -2.15. The van der Waals surface area contributed by atoms with E-state index in [1.54, 1.807) is 12.4 Å². The van der Waals surface area contributed by atoms with Gasteiger partial charge in [0.25, 0.3) is 0 Å². The Balaban J connectivity index is 2.07. The van der Waals surface area contributed by atoms with Crippen LogP contribution in [0.4, 0.5) is 0 Å². The topological polar surface area (TPSA) is 75.1 Å². The van der Waals surface area contributed by atoms with Crippen molar-refractivity contribution in [2.45, 2.75) is 26.7 Å². The van der Waals surface area contributed by atoms with Crippen LogP contribution >= 0.6 is 0 Å². The van der Waals surface area contributed by atoms with Crippen LogP contribution in [0.5, 0.6) is 0 Å². The molecule has 0 spiro atoms. The van der Waals surface area contributed by atoms with Crippen LogP contribution in [0, 0.1) is 11.3 Å². The Labute approximate surface area is 178 Å². The molecule has 3 N–H and O–H groups in total. The Morgan fingerprint density at radius 2 is 1.67 bits per heavy atom. The van der Waals surface area contributed by atoms with Crippen molar-refractivity contribution in [3.8, 4) is 0 Å². The minimum atomic E-state index is 0.168. The van der Waals surface area contributed by atoms with E-state index in [2.05, 4.69) is 49.2 Å². The summed E-state index contributed by atoms with van der Waals surface area (Å²) in [6.45, 7) is 4.40. The van der Waals surface area contributed by atoms with Gasteiger partial charge in [-0.15, -0.1) is 0 Å². The summed E-state index contributed by atoms with van der Waals surface area (Å²) in [6.07, 6.45) is 7.15. The van der Waals surface area contributed by atoms with Gasteiger partial charge in [-0.05, 0) is 47.2 Å². The molecule has 3 aromatic rings. The predicted octanol–water partition coefficient (Wildman–Crippen LogP) is 5.59. The highest BCUT2D eigenvalue weighted by molar-refractivity contribution is 6.05. The summed E-state index contributed by atoms with van der Waals surface area (Å²) in [7, 11) is 0. The number of hydrogen-bond acceptors (Lipinski definition) is 3. The second-order valence-electron chi connectivity index (χ2n) is 7.38. The van der Waals surface area contributed by atoms with Gasteiger partial charge in [0.15, 0.2) is 0 Å². The van der Waals surface area contributed by atoms with Gasteiger partial charge in [-0.1, -0.05) is 68.4 Å². The predicted molar refractivity (Wildman–Crippen MR) is 127 cm³/mol. The van der Waals surface area contributed by atoms with Crippen molar-refractivity contribution in [2.24, 2.45) is 16.6 Å². The van der Waals surface area contributed by atoms with Crippen molar-refractivity contribution < 1.29 is 0 Å². The molecule has 0 fully saturated rings. The van der Waals surface area contributed by atoms with E-state index in [0.717, 1.165) is 40.1 Å². The van der Waals surface area contributed by atoms with Gasteiger partial charge in [0, 0.05) is 24.4 Å². The van der Waals surface area contributed by atoms with E-state index >= 15 is 0 Å². The minimum Gasteiger partial charge on any atom is -0.387 e. The van der Waals surface area contributed by atoms with Crippen LogP contribution in [0.3, 0.4) is 0 Å². The Morgan fingerprint density at radius 1 is 1.00 bits per heavy atom. The molecule has 1 unspecified atom stereocenters. The fourth-order valence-electron chi connectivity index (χ4n) is 3.20. The number of nitrogens with two attached hydrogens (primary N) is 1. The number of amidine groups is 1. The molecule has 152 valence electrons. The Kier molecular flexibility index (Phi) is 7.28. The van der Waals surface area contributed by atoms with Gasteiger partial charge in [-0.3, -0.25) is 15.4 Å². The van der Waals surface area contributed by atoms with Crippen LogP contribution in [0.2, 0.25) is 0 Å². The second kappa shape index (κ2) is 10.3. The van der Waals surface area contributed by atoms with Crippen LogP contribution in [0.15, 0.2) is 84.1 Å². The fourth-order valence-corrected chi connectivity index (χ4v) is 3.20. The standard InChI is InChI=1S/C26H28N4/c1-3-19(2)26(23-7-5-4-6-8-23)30-24(22-13-15-29-16-14-22)17-20-9-11-21(12-10-20)18-25(27)28/h4-17,19H,3,18H2,1-2H3,(H3,27,28)/b24-17+,30-26?. The smallest absolute Gasteiger partial charge is 0.0950 e. The van der Waals surface area contributed by atoms with Gasteiger partial charge in [0.2, 0.25) is 0 Å². The minimum absolute atomic E-state index is 0.168. The molecule has 0 amide bonds. The van der Waals surface area contributed by atoms with Crippen molar-refractivity contribution in [3.63, 3.8) is 0 Å². The number of pyridine rings is 1.